The fourth-order valence-corrected chi connectivity index (χ4v) is 15.6. The lowest BCUT2D eigenvalue weighted by molar-refractivity contribution is 0.569. The van der Waals surface area contributed by atoms with Gasteiger partial charge in [0.2, 0.25) is 0 Å². The first kappa shape index (κ1) is 61.8. The summed E-state index contributed by atoms with van der Waals surface area (Å²) < 4.78 is 5.00. The Balaban J connectivity index is 1.04. The zero-order valence-electron chi connectivity index (χ0n) is 59.1. The molecule has 16 rings (SSSR count). The third-order valence-corrected chi connectivity index (χ3v) is 21.0. The number of anilines is 6. The predicted octanol–water partition coefficient (Wildman–Crippen LogP) is 23.5. The van der Waals surface area contributed by atoms with Crippen molar-refractivity contribution in [3.8, 4) is 44.8 Å². The summed E-state index contributed by atoms with van der Waals surface area (Å²) >= 11 is 0. The molecular weight excluding hydrogens is 1170 g/mol. The van der Waals surface area contributed by atoms with Gasteiger partial charge in [0, 0.05) is 66.8 Å². The van der Waals surface area contributed by atoms with Crippen molar-refractivity contribution < 1.29 is 0 Å². The van der Waals surface area contributed by atoms with Crippen molar-refractivity contribution in [3.63, 3.8) is 0 Å². The number of hydrogen-bond donors (Lipinski definition) is 0. The van der Waals surface area contributed by atoms with Crippen LogP contribution in [0.2, 0.25) is 0 Å². The highest BCUT2D eigenvalue weighted by Gasteiger charge is 2.46. The predicted molar refractivity (Wildman–Crippen MR) is 419 cm³/mol. The molecule has 4 heterocycles. The molecule has 0 spiro atoms. The van der Waals surface area contributed by atoms with Crippen LogP contribution in [0.4, 0.5) is 34.1 Å². The third kappa shape index (κ3) is 10.3. The number of benzene rings is 12. The minimum Gasteiger partial charge on any atom is -0.311 e. The van der Waals surface area contributed by atoms with Crippen molar-refractivity contribution in [1.82, 2.24) is 9.13 Å². The van der Waals surface area contributed by atoms with Crippen molar-refractivity contribution in [2.75, 3.05) is 9.80 Å². The lowest BCUT2D eigenvalue weighted by atomic mass is 9.33. The molecule has 2 aliphatic heterocycles. The Labute approximate surface area is 574 Å². The van der Waals surface area contributed by atoms with Gasteiger partial charge in [-0.25, -0.2) is 0 Å². The Kier molecular flexibility index (Phi) is 14.2. The van der Waals surface area contributed by atoms with Crippen LogP contribution in [0.1, 0.15) is 132 Å². The first-order chi connectivity index (χ1) is 46.3. The first-order valence-corrected chi connectivity index (χ1v) is 34.9. The zero-order chi connectivity index (χ0) is 67.4. The Morgan fingerprint density at radius 2 is 0.639 bits per heavy atom. The van der Waals surface area contributed by atoms with Crippen molar-refractivity contribution in [2.24, 2.45) is 0 Å². The van der Waals surface area contributed by atoms with E-state index >= 15 is 0 Å². The van der Waals surface area contributed by atoms with Gasteiger partial charge in [-0.05, 0) is 185 Å². The van der Waals surface area contributed by atoms with E-state index in [1.54, 1.807) is 0 Å². The minimum absolute atomic E-state index is 0.0629. The average Bonchev–Trinajstić information content (AvgIpc) is 0.951. The van der Waals surface area contributed by atoms with E-state index in [0.717, 1.165) is 28.4 Å². The molecule has 0 bridgehead atoms. The van der Waals surface area contributed by atoms with Crippen LogP contribution in [0.5, 0.6) is 0 Å². The molecule has 2 aromatic heterocycles. The Morgan fingerprint density at radius 1 is 0.237 bits per heavy atom. The van der Waals surface area contributed by atoms with E-state index in [4.69, 9.17) is 0 Å². The summed E-state index contributed by atoms with van der Waals surface area (Å²) in [5.74, 6) is 0. The molecule has 0 aliphatic carbocycles. The molecule has 0 radical (unpaired) electrons. The Bertz CT molecular complexity index is 5440. The first-order valence-electron chi connectivity index (χ1n) is 34.9. The lowest BCUT2D eigenvalue weighted by Crippen LogP contribution is -2.61. The van der Waals surface area contributed by atoms with Crippen LogP contribution in [0.15, 0.2) is 255 Å². The highest BCUT2D eigenvalue weighted by Crippen LogP contribution is 2.52. The SMILES string of the molecule is CC(C)(C)c1cc(-c2ccc3c(c2)N(c2ccc(C(C)(C)C)cc2-c2ccccc2)c2cc(C(C)(C)C)cc4c2B3c2ccc(-n3c5ccccc5c5cc6c(cc53)c3ccccc3n6-c3ccccc3)cc2N4c2ccc(C(C)(C)C)cc2-c2ccccc2)cc(C(C)(C)C)c1. The largest absolute Gasteiger partial charge is 0.311 e. The molecule has 4 nitrogen and oxygen atoms in total. The van der Waals surface area contributed by atoms with Gasteiger partial charge in [0.05, 0.1) is 33.4 Å². The Morgan fingerprint density at radius 3 is 1.10 bits per heavy atom. The van der Waals surface area contributed by atoms with Crippen molar-refractivity contribution >= 4 is 101 Å². The quantitative estimate of drug-likeness (QED) is 0.148. The molecule has 478 valence electrons. The standard InChI is InChI=1S/C92H87BN4/c1-88(2,3)62-40-45-79(71(51-62)58-29-19-16-20-30-58)96-83-49-60(61-47-64(90(7,8)9)50-65(48-61)91(10,11)12)39-43-75(83)93-76-44-42-68(95-78-38-28-26-36-70(78)74-56-81-73(57-82(74)95)69-35-25-27-37-77(69)94(81)67-33-23-18-24-34-67)55-84(76)97(86-54-66(92(13,14)15)53-85(96)87(86)93)80-46-41-63(89(4,5)6)52-72(80)59-31-21-17-22-32-59/h16-57H,1-15H3. The van der Waals surface area contributed by atoms with E-state index < -0.39 is 0 Å². The highest BCUT2D eigenvalue weighted by atomic mass is 15.2. The summed E-state index contributed by atoms with van der Waals surface area (Å²) in [7, 11) is 0. The van der Waals surface area contributed by atoms with E-state index in [9.17, 15) is 0 Å². The normalized spacial score (nSPS) is 13.5. The molecular formula is C92H87BN4. The van der Waals surface area contributed by atoms with E-state index in [2.05, 4.69) is 378 Å². The maximum atomic E-state index is 2.68. The van der Waals surface area contributed by atoms with E-state index in [1.165, 1.54) is 138 Å². The third-order valence-electron chi connectivity index (χ3n) is 21.0. The van der Waals surface area contributed by atoms with Crippen LogP contribution < -0.4 is 26.2 Å². The van der Waals surface area contributed by atoms with Gasteiger partial charge >= 0.3 is 0 Å². The Hall–Kier alpha value is -10.1. The summed E-state index contributed by atoms with van der Waals surface area (Å²) in [5.41, 5.74) is 31.0. The number of fused-ring (bicyclic) bond motifs is 10. The van der Waals surface area contributed by atoms with Gasteiger partial charge in [-0.3, -0.25) is 0 Å². The maximum absolute atomic E-state index is 2.68. The summed E-state index contributed by atoms with van der Waals surface area (Å²) in [4.78, 5) is 5.37. The van der Waals surface area contributed by atoms with Gasteiger partial charge in [-0.15, -0.1) is 0 Å². The van der Waals surface area contributed by atoms with Crippen molar-refractivity contribution in [1.29, 1.82) is 0 Å². The topological polar surface area (TPSA) is 16.3 Å². The van der Waals surface area contributed by atoms with Crippen LogP contribution in [-0.4, -0.2) is 15.8 Å². The van der Waals surface area contributed by atoms with Gasteiger partial charge in [-0.2, -0.15) is 0 Å². The van der Waals surface area contributed by atoms with Crippen LogP contribution in [0.3, 0.4) is 0 Å². The number of rotatable bonds is 7. The van der Waals surface area contributed by atoms with Gasteiger partial charge in [-0.1, -0.05) is 268 Å². The van der Waals surface area contributed by atoms with Crippen LogP contribution in [0.25, 0.3) is 88.4 Å². The second kappa shape index (κ2) is 22.2. The molecule has 0 unspecified atom stereocenters. The summed E-state index contributed by atoms with van der Waals surface area (Å²) in [6.07, 6.45) is 0. The molecule has 2 aliphatic rings. The van der Waals surface area contributed by atoms with Gasteiger partial charge in [0.1, 0.15) is 0 Å². The molecule has 0 fully saturated rings. The number of para-hydroxylation sites is 3. The molecule has 14 aromatic rings. The van der Waals surface area contributed by atoms with E-state index in [0.29, 0.717) is 0 Å². The van der Waals surface area contributed by atoms with Crippen molar-refractivity contribution in [3.05, 3.63) is 283 Å². The van der Waals surface area contributed by atoms with Gasteiger partial charge < -0.3 is 18.9 Å². The lowest BCUT2D eigenvalue weighted by Gasteiger charge is -2.46. The fourth-order valence-electron chi connectivity index (χ4n) is 15.6. The van der Waals surface area contributed by atoms with Gasteiger partial charge in [0.25, 0.3) is 6.71 Å². The molecule has 0 amide bonds. The maximum Gasteiger partial charge on any atom is 0.252 e. The van der Waals surface area contributed by atoms with Crippen LogP contribution in [-0.2, 0) is 27.1 Å². The molecule has 12 aromatic carbocycles. The van der Waals surface area contributed by atoms with Crippen molar-refractivity contribution in [2.45, 2.75) is 131 Å². The second-order valence-corrected chi connectivity index (χ2v) is 32.7. The molecule has 0 atom stereocenters. The molecule has 5 heteroatoms. The molecule has 0 saturated heterocycles. The fraction of sp³-hybridized carbons (Fsp3) is 0.217. The molecule has 97 heavy (non-hydrogen) atoms. The number of nitrogens with zero attached hydrogens (tertiary/aromatic N) is 4. The van der Waals surface area contributed by atoms with Crippen LogP contribution >= 0.6 is 0 Å². The second-order valence-electron chi connectivity index (χ2n) is 32.7. The van der Waals surface area contributed by atoms with Gasteiger partial charge in [0.15, 0.2) is 0 Å². The summed E-state index contributed by atoms with van der Waals surface area (Å²) in [6, 6.07) is 98.1. The van der Waals surface area contributed by atoms with E-state index in [1.807, 2.05) is 0 Å². The van der Waals surface area contributed by atoms with Crippen LogP contribution in [0, 0.1) is 0 Å². The molecule has 0 saturated carbocycles. The molecule has 0 N–H and O–H groups in total. The summed E-state index contributed by atoms with van der Waals surface area (Å²) in [5, 5.41) is 4.90. The number of hydrogen-bond acceptors (Lipinski definition) is 2. The average molecular weight is 1260 g/mol. The monoisotopic (exact) mass is 1260 g/mol. The van der Waals surface area contributed by atoms with E-state index in [-0.39, 0.29) is 33.8 Å². The summed E-state index contributed by atoms with van der Waals surface area (Å²) in [6.45, 7) is 35.2. The number of aromatic nitrogens is 2. The minimum atomic E-state index is -0.256. The highest BCUT2D eigenvalue weighted by molar-refractivity contribution is 7.00. The smallest absolute Gasteiger partial charge is 0.252 e. The zero-order valence-corrected chi connectivity index (χ0v) is 59.1.